The standard InChI is InChI=1S/C19H28O2/c1-7-21-18(20)17-11-16(14(4)19(17,5)6)15-9-8-12(2)10-13(15)3/h8-10,14,16-17H,7,11H2,1-6H3. The summed E-state index contributed by atoms with van der Waals surface area (Å²) in [6.07, 6.45) is 0.900. The largest absolute Gasteiger partial charge is 0.466 e. The van der Waals surface area contributed by atoms with E-state index in [1.165, 1.54) is 16.7 Å². The van der Waals surface area contributed by atoms with Crippen LogP contribution in [0.5, 0.6) is 0 Å². The topological polar surface area (TPSA) is 26.3 Å². The van der Waals surface area contributed by atoms with Gasteiger partial charge in [-0.3, -0.25) is 4.79 Å². The third-order valence-corrected chi connectivity index (χ3v) is 5.56. The second kappa shape index (κ2) is 5.82. The van der Waals surface area contributed by atoms with Crippen molar-refractivity contribution in [2.75, 3.05) is 6.61 Å². The van der Waals surface area contributed by atoms with Gasteiger partial charge in [0, 0.05) is 0 Å². The van der Waals surface area contributed by atoms with Crippen LogP contribution < -0.4 is 0 Å². The highest BCUT2D eigenvalue weighted by Gasteiger charge is 2.51. The molecule has 0 aromatic heterocycles. The van der Waals surface area contributed by atoms with Gasteiger partial charge in [-0.1, -0.05) is 44.5 Å². The molecule has 0 radical (unpaired) electrons. The molecule has 0 aliphatic heterocycles. The zero-order chi connectivity index (χ0) is 15.8. The maximum absolute atomic E-state index is 12.3. The second-order valence-electron chi connectivity index (χ2n) is 7.12. The summed E-state index contributed by atoms with van der Waals surface area (Å²) >= 11 is 0. The van der Waals surface area contributed by atoms with Crippen LogP contribution in [-0.4, -0.2) is 12.6 Å². The number of benzene rings is 1. The van der Waals surface area contributed by atoms with Crippen molar-refractivity contribution in [3.05, 3.63) is 34.9 Å². The lowest BCUT2D eigenvalue weighted by molar-refractivity contribution is -0.151. The van der Waals surface area contributed by atoms with Gasteiger partial charge in [-0.15, -0.1) is 0 Å². The summed E-state index contributed by atoms with van der Waals surface area (Å²) in [5.74, 6) is 0.878. The summed E-state index contributed by atoms with van der Waals surface area (Å²) < 4.78 is 5.30. The van der Waals surface area contributed by atoms with E-state index < -0.39 is 0 Å². The van der Waals surface area contributed by atoms with Crippen LogP contribution in [0.25, 0.3) is 0 Å². The molecule has 0 spiro atoms. The van der Waals surface area contributed by atoms with Gasteiger partial charge in [0.15, 0.2) is 0 Å². The molecule has 2 nitrogen and oxygen atoms in total. The Bertz CT molecular complexity index is 530. The number of aryl methyl sites for hydroxylation is 2. The number of esters is 1. The van der Waals surface area contributed by atoms with Crippen molar-refractivity contribution in [3.63, 3.8) is 0 Å². The first-order valence-corrected chi connectivity index (χ1v) is 8.02. The first kappa shape index (κ1) is 16.1. The van der Waals surface area contributed by atoms with Gasteiger partial charge in [0.1, 0.15) is 0 Å². The molecule has 0 bridgehead atoms. The Morgan fingerprint density at radius 1 is 1.33 bits per heavy atom. The summed E-state index contributed by atoms with van der Waals surface area (Å²) in [4.78, 5) is 12.3. The molecule has 21 heavy (non-hydrogen) atoms. The van der Waals surface area contributed by atoms with E-state index in [2.05, 4.69) is 52.8 Å². The zero-order valence-electron chi connectivity index (χ0n) is 14.2. The van der Waals surface area contributed by atoms with Gasteiger partial charge in [0.2, 0.25) is 0 Å². The molecular weight excluding hydrogens is 260 g/mol. The molecule has 2 heteroatoms. The van der Waals surface area contributed by atoms with Crippen LogP contribution in [0.1, 0.15) is 56.7 Å². The second-order valence-corrected chi connectivity index (χ2v) is 7.12. The number of hydrogen-bond acceptors (Lipinski definition) is 2. The molecule has 3 unspecified atom stereocenters. The minimum Gasteiger partial charge on any atom is -0.466 e. The summed E-state index contributed by atoms with van der Waals surface area (Å²) in [7, 11) is 0. The molecule has 1 fully saturated rings. The van der Waals surface area contributed by atoms with Crippen LogP contribution in [-0.2, 0) is 9.53 Å². The van der Waals surface area contributed by atoms with Crippen LogP contribution in [0.4, 0.5) is 0 Å². The first-order chi connectivity index (χ1) is 9.78. The van der Waals surface area contributed by atoms with Gasteiger partial charge in [0.05, 0.1) is 12.5 Å². The van der Waals surface area contributed by atoms with Crippen molar-refractivity contribution in [2.45, 2.75) is 53.9 Å². The molecule has 116 valence electrons. The highest BCUT2D eigenvalue weighted by Crippen LogP contribution is 2.55. The Labute approximate surface area is 128 Å². The van der Waals surface area contributed by atoms with Crippen LogP contribution >= 0.6 is 0 Å². The van der Waals surface area contributed by atoms with E-state index in [9.17, 15) is 4.79 Å². The molecule has 0 N–H and O–H groups in total. The predicted octanol–water partition coefficient (Wildman–Crippen LogP) is 4.63. The van der Waals surface area contributed by atoms with Crippen molar-refractivity contribution >= 4 is 5.97 Å². The summed E-state index contributed by atoms with van der Waals surface area (Å²) in [6, 6.07) is 6.67. The normalized spacial score (nSPS) is 27.6. The van der Waals surface area contributed by atoms with Gasteiger partial charge in [-0.05, 0) is 55.6 Å². The number of ether oxygens (including phenoxy) is 1. The summed E-state index contributed by atoms with van der Waals surface area (Å²) in [5.41, 5.74) is 4.01. The number of hydrogen-bond donors (Lipinski definition) is 0. The van der Waals surface area contributed by atoms with Crippen molar-refractivity contribution in [1.82, 2.24) is 0 Å². The minimum absolute atomic E-state index is 0.00171. The lowest BCUT2D eigenvalue weighted by Gasteiger charge is -2.31. The highest BCUT2D eigenvalue weighted by atomic mass is 16.5. The molecule has 0 amide bonds. The molecule has 1 saturated carbocycles. The Hall–Kier alpha value is -1.31. The first-order valence-electron chi connectivity index (χ1n) is 8.02. The average Bonchev–Trinajstić information content (AvgIpc) is 2.62. The van der Waals surface area contributed by atoms with Gasteiger partial charge in [-0.2, -0.15) is 0 Å². The number of carbonyl (C=O) groups is 1. The summed E-state index contributed by atoms with van der Waals surface area (Å²) in [6.45, 7) is 13.4. The van der Waals surface area contributed by atoms with Crippen molar-refractivity contribution in [3.8, 4) is 0 Å². The van der Waals surface area contributed by atoms with Crippen LogP contribution in [0.2, 0.25) is 0 Å². The Morgan fingerprint density at radius 3 is 2.57 bits per heavy atom. The van der Waals surface area contributed by atoms with E-state index in [-0.39, 0.29) is 17.3 Å². The molecule has 2 rings (SSSR count). The fourth-order valence-corrected chi connectivity index (χ4v) is 3.88. The van der Waals surface area contributed by atoms with Gasteiger partial charge in [-0.25, -0.2) is 0 Å². The Kier molecular flexibility index (Phi) is 4.46. The fourth-order valence-electron chi connectivity index (χ4n) is 3.88. The Balaban J connectivity index is 2.33. The van der Waals surface area contributed by atoms with Gasteiger partial charge >= 0.3 is 5.97 Å². The van der Waals surface area contributed by atoms with E-state index in [4.69, 9.17) is 4.74 Å². The highest BCUT2D eigenvalue weighted by molar-refractivity contribution is 5.74. The molecule has 0 heterocycles. The average molecular weight is 288 g/mol. The van der Waals surface area contributed by atoms with Crippen molar-refractivity contribution in [2.24, 2.45) is 17.3 Å². The zero-order valence-corrected chi connectivity index (χ0v) is 14.2. The third-order valence-electron chi connectivity index (χ3n) is 5.56. The van der Waals surface area contributed by atoms with Gasteiger partial charge < -0.3 is 4.74 Å². The summed E-state index contributed by atoms with van der Waals surface area (Å²) in [5, 5.41) is 0. The molecule has 3 atom stereocenters. The minimum atomic E-state index is -0.0263. The van der Waals surface area contributed by atoms with Crippen LogP contribution in [0.3, 0.4) is 0 Å². The van der Waals surface area contributed by atoms with E-state index in [1.54, 1.807) is 0 Å². The van der Waals surface area contributed by atoms with E-state index in [0.29, 0.717) is 18.4 Å². The SMILES string of the molecule is CCOC(=O)C1CC(c2ccc(C)cc2C)C(C)C1(C)C. The van der Waals surface area contributed by atoms with Crippen molar-refractivity contribution in [1.29, 1.82) is 0 Å². The van der Waals surface area contributed by atoms with Crippen LogP contribution in [0.15, 0.2) is 18.2 Å². The molecule has 1 aromatic rings. The monoisotopic (exact) mass is 288 g/mol. The molecular formula is C19H28O2. The maximum atomic E-state index is 12.3. The molecule has 1 aromatic carbocycles. The lowest BCUT2D eigenvalue weighted by Crippen LogP contribution is -2.31. The quantitative estimate of drug-likeness (QED) is 0.758. The maximum Gasteiger partial charge on any atom is 0.309 e. The Morgan fingerprint density at radius 2 is 2.00 bits per heavy atom. The van der Waals surface area contributed by atoms with E-state index >= 15 is 0 Å². The van der Waals surface area contributed by atoms with Crippen LogP contribution in [0, 0.1) is 31.1 Å². The smallest absolute Gasteiger partial charge is 0.309 e. The molecule has 1 aliphatic carbocycles. The lowest BCUT2D eigenvalue weighted by atomic mass is 9.74. The molecule has 1 aliphatic rings. The number of rotatable bonds is 3. The van der Waals surface area contributed by atoms with Gasteiger partial charge in [0.25, 0.3) is 0 Å². The van der Waals surface area contributed by atoms with E-state index in [1.807, 2.05) is 6.92 Å². The predicted molar refractivity (Wildman–Crippen MR) is 86.3 cm³/mol. The number of carbonyl (C=O) groups excluding carboxylic acids is 1. The fraction of sp³-hybridized carbons (Fsp3) is 0.632. The van der Waals surface area contributed by atoms with E-state index in [0.717, 1.165) is 6.42 Å². The van der Waals surface area contributed by atoms with Crippen molar-refractivity contribution < 1.29 is 9.53 Å². The molecule has 0 saturated heterocycles. The third kappa shape index (κ3) is 2.86.